The summed E-state index contributed by atoms with van der Waals surface area (Å²) in [6, 6.07) is 8.33. The third-order valence-corrected chi connectivity index (χ3v) is 3.78. The van der Waals surface area contributed by atoms with E-state index in [1.807, 2.05) is 16.9 Å². The Morgan fingerprint density at radius 1 is 1.15 bits per heavy atom. The molecule has 3 rings (SSSR count). The number of hydrogen-bond acceptors (Lipinski definition) is 3. The first-order chi connectivity index (χ1) is 9.81. The lowest BCUT2D eigenvalue weighted by Crippen LogP contribution is -2.07. The molecule has 2 aromatic rings. The van der Waals surface area contributed by atoms with E-state index in [0.29, 0.717) is 12.4 Å². The lowest BCUT2D eigenvalue weighted by atomic mass is 9.92. The number of nitrogens with two attached hydrogens (primary N) is 1. The average Bonchev–Trinajstić information content (AvgIpc) is 2.89. The molecule has 4 nitrogen and oxygen atoms in total. The Kier molecular flexibility index (Phi) is 3.90. The normalized spacial score (nSPS) is 14.0. The van der Waals surface area contributed by atoms with Gasteiger partial charge in [-0.2, -0.15) is 5.10 Å². The predicted molar refractivity (Wildman–Crippen MR) is 79.8 cm³/mol. The second-order valence-corrected chi connectivity index (χ2v) is 5.34. The molecule has 1 aromatic heterocycles. The Morgan fingerprint density at radius 3 is 2.80 bits per heavy atom. The maximum atomic E-state index is 5.83. The molecule has 1 aromatic carbocycles. The molecular formula is C16H21N3O. The van der Waals surface area contributed by atoms with Gasteiger partial charge in [-0.3, -0.25) is 4.68 Å². The highest BCUT2D eigenvalue weighted by molar-refractivity contribution is 5.37. The van der Waals surface area contributed by atoms with Crippen LogP contribution < -0.4 is 10.5 Å². The van der Waals surface area contributed by atoms with Crippen LogP contribution in [0, 0.1) is 0 Å². The molecule has 0 saturated carbocycles. The van der Waals surface area contributed by atoms with Gasteiger partial charge in [0.1, 0.15) is 11.6 Å². The van der Waals surface area contributed by atoms with Gasteiger partial charge in [-0.1, -0.05) is 6.07 Å². The average molecular weight is 271 g/mol. The highest BCUT2D eigenvalue weighted by Gasteiger charge is 2.09. The van der Waals surface area contributed by atoms with Crippen molar-refractivity contribution in [3.63, 3.8) is 0 Å². The number of aryl methyl sites for hydroxylation is 3. The van der Waals surface area contributed by atoms with Gasteiger partial charge in [-0.25, -0.2) is 0 Å². The van der Waals surface area contributed by atoms with Crippen LogP contribution in [0.25, 0.3) is 0 Å². The van der Waals surface area contributed by atoms with Crippen LogP contribution in [0.5, 0.6) is 5.75 Å². The van der Waals surface area contributed by atoms with Crippen molar-refractivity contribution in [1.82, 2.24) is 9.78 Å². The number of ether oxygens (including phenoxy) is 1. The van der Waals surface area contributed by atoms with Gasteiger partial charge in [-0.05, 0) is 55.0 Å². The monoisotopic (exact) mass is 271 g/mol. The Hall–Kier alpha value is -1.97. The van der Waals surface area contributed by atoms with Crippen LogP contribution in [0.15, 0.2) is 30.5 Å². The van der Waals surface area contributed by atoms with Gasteiger partial charge >= 0.3 is 0 Å². The third-order valence-electron chi connectivity index (χ3n) is 3.78. The van der Waals surface area contributed by atoms with Crippen LogP contribution in [0.1, 0.15) is 30.4 Å². The molecule has 1 aliphatic rings. The van der Waals surface area contributed by atoms with E-state index in [4.69, 9.17) is 10.5 Å². The van der Waals surface area contributed by atoms with Gasteiger partial charge in [0.15, 0.2) is 0 Å². The van der Waals surface area contributed by atoms with Gasteiger partial charge in [0.25, 0.3) is 0 Å². The maximum Gasteiger partial charge on any atom is 0.145 e. The largest absolute Gasteiger partial charge is 0.494 e. The fraction of sp³-hybridized carbons (Fsp3) is 0.438. The van der Waals surface area contributed by atoms with Gasteiger partial charge in [0, 0.05) is 19.2 Å². The Balaban J connectivity index is 1.48. The summed E-state index contributed by atoms with van der Waals surface area (Å²) in [4.78, 5) is 0. The smallest absolute Gasteiger partial charge is 0.145 e. The van der Waals surface area contributed by atoms with Gasteiger partial charge in [0.05, 0.1) is 6.61 Å². The Bertz CT molecular complexity index is 577. The standard InChI is InChI=1S/C16H21N3O/c17-16-8-10-19(18-16)9-3-11-20-15-7-6-13-4-1-2-5-14(13)12-15/h6-8,10,12H,1-5,9,11H2,(H2,17,18). The number of anilines is 1. The second kappa shape index (κ2) is 5.99. The number of nitrogens with zero attached hydrogens (tertiary/aromatic N) is 2. The number of hydrogen-bond donors (Lipinski definition) is 1. The molecule has 4 heteroatoms. The summed E-state index contributed by atoms with van der Waals surface area (Å²) in [5, 5.41) is 4.15. The zero-order valence-electron chi connectivity index (χ0n) is 11.7. The van der Waals surface area contributed by atoms with Crippen molar-refractivity contribution in [3.05, 3.63) is 41.6 Å². The molecule has 0 amide bonds. The maximum absolute atomic E-state index is 5.83. The molecule has 0 radical (unpaired) electrons. The summed E-state index contributed by atoms with van der Waals surface area (Å²) in [5.74, 6) is 1.56. The van der Waals surface area contributed by atoms with Crippen LogP contribution in [0.2, 0.25) is 0 Å². The lowest BCUT2D eigenvalue weighted by molar-refractivity contribution is 0.298. The highest BCUT2D eigenvalue weighted by atomic mass is 16.5. The predicted octanol–water partition coefficient (Wildman–Crippen LogP) is 2.81. The SMILES string of the molecule is Nc1ccn(CCCOc2ccc3c(c2)CCCC3)n1. The van der Waals surface area contributed by atoms with E-state index in [2.05, 4.69) is 23.3 Å². The summed E-state index contributed by atoms with van der Waals surface area (Å²) < 4.78 is 7.68. The molecule has 106 valence electrons. The van der Waals surface area contributed by atoms with Gasteiger partial charge < -0.3 is 10.5 Å². The molecule has 0 unspecified atom stereocenters. The zero-order chi connectivity index (χ0) is 13.8. The van der Waals surface area contributed by atoms with Crippen molar-refractivity contribution in [2.75, 3.05) is 12.3 Å². The molecule has 0 aliphatic heterocycles. The van der Waals surface area contributed by atoms with E-state index >= 15 is 0 Å². The first kappa shape index (κ1) is 13.0. The van der Waals surface area contributed by atoms with Crippen molar-refractivity contribution in [1.29, 1.82) is 0 Å². The van der Waals surface area contributed by atoms with E-state index in [1.54, 1.807) is 0 Å². The van der Waals surface area contributed by atoms with E-state index in [9.17, 15) is 0 Å². The van der Waals surface area contributed by atoms with Crippen molar-refractivity contribution in [3.8, 4) is 5.75 Å². The summed E-state index contributed by atoms with van der Waals surface area (Å²) in [5.41, 5.74) is 8.54. The Labute approximate surface area is 119 Å². The van der Waals surface area contributed by atoms with E-state index in [0.717, 1.165) is 18.7 Å². The minimum atomic E-state index is 0.570. The fourth-order valence-electron chi connectivity index (χ4n) is 2.72. The molecular weight excluding hydrogens is 250 g/mol. The van der Waals surface area contributed by atoms with Gasteiger partial charge in [-0.15, -0.1) is 0 Å². The molecule has 0 atom stereocenters. The number of fused-ring (bicyclic) bond motifs is 1. The van der Waals surface area contributed by atoms with Crippen molar-refractivity contribution in [2.45, 2.75) is 38.6 Å². The number of benzene rings is 1. The van der Waals surface area contributed by atoms with Crippen LogP contribution in [-0.2, 0) is 19.4 Å². The van der Waals surface area contributed by atoms with E-state index in [1.165, 1.54) is 36.8 Å². The van der Waals surface area contributed by atoms with E-state index < -0.39 is 0 Å². The zero-order valence-corrected chi connectivity index (χ0v) is 11.7. The Morgan fingerprint density at radius 2 is 2.00 bits per heavy atom. The minimum absolute atomic E-state index is 0.570. The number of aromatic nitrogens is 2. The highest BCUT2D eigenvalue weighted by Crippen LogP contribution is 2.25. The molecule has 0 spiro atoms. The van der Waals surface area contributed by atoms with Crippen molar-refractivity contribution in [2.24, 2.45) is 0 Å². The fourth-order valence-corrected chi connectivity index (χ4v) is 2.72. The van der Waals surface area contributed by atoms with Crippen LogP contribution in [0.4, 0.5) is 5.82 Å². The lowest BCUT2D eigenvalue weighted by Gasteiger charge is -2.16. The topological polar surface area (TPSA) is 53.1 Å². The number of nitrogen functional groups attached to an aromatic ring is 1. The second-order valence-electron chi connectivity index (χ2n) is 5.34. The molecule has 2 N–H and O–H groups in total. The summed E-state index contributed by atoms with van der Waals surface area (Å²) in [6.07, 6.45) is 7.86. The molecule has 1 aliphatic carbocycles. The molecule has 0 fully saturated rings. The third kappa shape index (κ3) is 3.13. The minimum Gasteiger partial charge on any atom is -0.494 e. The number of rotatable bonds is 5. The van der Waals surface area contributed by atoms with Crippen LogP contribution >= 0.6 is 0 Å². The van der Waals surface area contributed by atoms with Crippen LogP contribution in [0.3, 0.4) is 0 Å². The quantitative estimate of drug-likeness (QED) is 0.851. The van der Waals surface area contributed by atoms with Crippen molar-refractivity contribution < 1.29 is 4.74 Å². The van der Waals surface area contributed by atoms with Crippen molar-refractivity contribution >= 4 is 5.82 Å². The first-order valence-electron chi connectivity index (χ1n) is 7.35. The van der Waals surface area contributed by atoms with E-state index in [-0.39, 0.29) is 0 Å². The molecule has 0 saturated heterocycles. The summed E-state index contributed by atoms with van der Waals surface area (Å²) in [7, 11) is 0. The van der Waals surface area contributed by atoms with Gasteiger partial charge in [0.2, 0.25) is 0 Å². The molecule has 0 bridgehead atoms. The molecule has 20 heavy (non-hydrogen) atoms. The summed E-state index contributed by atoms with van der Waals surface area (Å²) >= 11 is 0. The first-order valence-corrected chi connectivity index (χ1v) is 7.35. The van der Waals surface area contributed by atoms with Crippen LogP contribution in [-0.4, -0.2) is 16.4 Å². The summed E-state index contributed by atoms with van der Waals surface area (Å²) in [6.45, 7) is 1.54. The molecule has 1 heterocycles.